The van der Waals surface area contributed by atoms with Gasteiger partial charge in [0.15, 0.2) is 0 Å². The summed E-state index contributed by atoms with van der Waals surface area (Å²) in [6.45, 7) is 12.0. The van der Waals surface area contributed by atoms with E-state index < -0.39 is 0 Å². The van der Waals surface area contributed by atoms with Gasteiger partial charge in [-0.25, -0.2) is 4.98 Å². The molecule has 0 saturated carbocycles. The van der Waals surface area contributed by atoms with Crippen molar-refractivity contribution in [1.29, 1.82) is 0 Å². The van der Waals surface area contributed by atoms with Crippen molar-refractivity contribution in [2.24, 2.45) is 0 Å². The molecule has 2 rings (SSSR count). The third-order valence-electron chi connectivity index (χ3n) is 3.49. The Morgan fingerprint density at radius 1 is 1.37 bits per heavy atom. The molecule has 1 saturated heterocycles. The highest BCUT2D eigenvalue weighted by molar-refractivity contribution is 7.13. The zero-order valence-corrected chi connectivity index (χ0v) is 13.3. The molecule has 0 radical (unpaired) electrons. The van der Waals surface area contributed by atoms with Gasteiger partial charge in [0.2, 0.25) is 0 Å². The van der Waals surface area contributed by atoms with Gasteiger partial charge in [-0.2, -0.15) is 0 Å². The van der Waals surface area contributed by atoms with Crippen molar-refractivity contribution in [3.8, 4) is 0 Å². The van der Waals surface area contributed by atoms with Crippen molar-refractivity contribution >= 4 is 17.2 Å². The Kier molecular flexibility index (Phi) is 3.47. The zero-order valence-electron chi connectivity index (χ0n) is 12.5. The van der Waals surface area contributed by atoms with E-state index in [0.717, 1.165) is 17.1 Å². The first-order chi connectivity index (χ1) is 8.61. The summed E-state index contributed by atoms with van der Waals surface area (Å²) < 4.78 is 5.99. The summed E-state index contributed by atoms with van der Waals surface area (Å²) in [7, 11) is 0. The molecule has 0 unspecified atom stereocenters. The second kappa shape index (κ2) is 4.56. The average molecular weight is 282 g/mol. The van der Waals surface area contributed by atoms with Crippen molar-refractivity contribution in [2.75, 3.05) is 0 Å². The molecule has 1 N–H and O–H groups in total. The number of aryl methyl sites for hydroxylation is 2. The molecule has 4 nitrogen and oxygen atoms in total. The molecule has 1 aromatic rings. The van der Waals surface area contributed by atoms with Crippen molar-refractivity contribution in [3.63, 3.8) is 0 Å². The molecule has 1 amide bonds. The van der Waals surface area contributed by atoms with E-state index in [9.17, 15) is 4.79 Å². The number of carbonyl (C=O) groups excluding carboxylic acids is 1. The van der Waals surface area contributed by atoms with Crippen molar-refractivity contribution < 1.29 is 9.53 Å². The van der Waals surface area contributed by atoms with Gasteiger partial charge >= 0.3 is 0 Å². The number of rotatable bonds is 2. The van der Waals surface area contributed by atoms with Crippen molar-refractivity contribution in [3.05, 3.63) is 15.6 Å². The molecular formula is C14H22N2O2S. The topological polar surface area (TPSA) is 51.2 Å². The number of nitrogens with one attached hydrogen (secondary N) is 1. The van der Waals surface area contributed by atoms with Crippen LogP contribution in [-0.4, -0.2) is 28.1 Å². The van der Waals surface area contributed by atoms with Crippen molar-refractivity contribution in [2.45, 2.75) is 65.2 Å². The fourth-order valence-electron chi connectivity index (χ4n) is 2.75. The number of amides is 1. The number of hydrogen-bond acceptors (Lipinski definition) is 4. The van der Waals surface area contributed by atoms with Gasteiger partial charge < -0.3 is 10.1 Å². The van der Waals surface area contributed by atoms with Crippen LogP contribution in [0.25, 0.3) is 0 Å². The fourth-order valence-corrected chi connectivity index (χ4v) is 3.58. The minimum absolute atomic E-state index is 0.0248. The number of hydrogen-bond donors (Lipinski definition) is 1. The Morgan fingerprint density at radius 3 is 2.42 bits per heavy atom. The van der Waals surface area contributed by atoms with Crippen LogP contribution in [0.15, 0.2) is 0 Å². The van der Waals surface area contributed by atoms with Crippen molar-refractivity contribution in [1.82, 2.24) is 10.3 Å². The summed E-state index contributed by atoms with van der Waals surface area (Å²) in [6.07, 6.45) is 0.822. The van der Waals surface area contributed by atoms with Crippen LogP contribution in [0.4, 0.5) is 0 Å². The standard InChI is InChI=1S/C14H22N2O2S/c1-8-11(19-9(2)15-8)12(17)16-10-7-13(3,4)18-14(10,5)6/h10H,7H2,1-6H3,(H,16,17)/t10-/m1/s1. The van der Waals surface area contributed by atoms with Crippen LogP contribution in [0.2, 0.25) is 0 Å². The summed E-state index contributed by atoms with van der Waals surface area (Å²) in [6, 6.07) is 0.0248. The van der Waals surface area contributed by atoms with Gasteiger partial charge in [0.25, 0.3) is 5.91 Å². The lowest BCUT2D eigenvalue weighted by molar-refractivity contribution is -0.0693. The molecule has 0 aromatic carbocycles. The third kappa shape index (κ3) is 2.98. The summed E-state index contributed by atoms with van der Waals surface area (Å²) in [5.74, 6) is -0.0394. The summed E-state index contributed by atoms with van der Waals surface area (Å²) in [5.41, 5.74) is 0.267. The number of aromatic nitrogens is 1. The maximum absolute atomic E-state index is 12.3. The van der Waals surface area contributed by atoms with E-state index in [0.29, 0.717) is 4.88 Å². The first-order valence-electron chi connectivity index (χ1n) is 6.56. The van der Waals surface area contributed by atoms with E-state index in [-0.39, 0.29) is 23.2 Å². The van der Waals surface area contributed by atoms with Gasteiger partial charge in [0, 0.05) is 0 Å². The highest BCUT2D eigenvalue weighted by Crippen LogP contribution is 2.37. The molecule has 2 heterocycles. The quantitative estimate of drug-likeness (QED) is 0.907. The predicted octanol–water partition coefficient (Wildman–Crippen LogP) is 2.84. The van der Waals surface area contributed by atoms with Crippen LogP contribution in [0.5, 0.6) is 0 Å². The van der Waals surface area contributed by atoms with Gasteiger partial charge in [-0.1, -0.05) is 0 Å². The van der Waals surface area contributed by atoms with Crippen LogP contribution in [0.3, 0.4) is 0 Å². The molecule has 1 aromatic heterocycles. The largest absolute Gasteiger partial charge is 0.367 e. The minimum Gasteiger partial charge on any atom is -0.367 e. The Bertz CT molecular complexity index is 506. The molecular weight excluding hydrogens is 260 g/mol. The van der Waals surface area contributed by atoms with Crippen LogP contribution < -0.4 is 5.32 Å². The molecule has 0 spiro atoms. The van der Waals surface area contributed by atoms with Crippen LogP contribution in [0, 0.1) is 13.8 Å². The second-order valence-electron chi connectivity index (χ2n) is 6.34. The van der Waals surface area contributed by atoms with Gasteiger partial charge in [0.1, 0.15) is 4.88 Å². The number of thiazole rings is 1. The predicted molar refractivity (Wildman–Crippen MR) is 76.7 cm³/mol. The van der Waals surface area contributed by atoms with E-state index in [1.807, 2.05) is 27.7 Å². The Hall–Kier alpha value is -0.940. The molecule has 5 heteroatoms. The normalized spacial score (nSPS) is 24.4. The molecule has 1 aliphatic heterocycles. The van der Waals surface area contributed by atoms with E-state index in [1.165, 1.54) is 11.3 Å². The summed E-state index contributed by atoms with van der Waals surface area (Å²) in [4.78, 5) is 17.3. The van der Waals surface area contributed by atoms with Gasteiger partial charge in [0.05, 0.1) is 27.9 Å². The summed E-state index contributed by atoms with van der Waals surface area (Å²) >= 11 is 1.44. The van der Waals surface area contributed by atoms with Gasteiger partial charge in [-0.3, -0.25) is 4.79 Å². The second-order valence-corrected chi connectivity index (χ2v) is 7.55. The first-order valence-corrected chi connectivity index (χ1v) is 7.37. The average Bonchev–Trinajstić information content (AvgIpc) is 2.63. The van der Waals surface area contributed by atoms with Crippen LogP contribution in [-0.2, 0) is 4.74 Å². The molecule has 1 aliphatic rings. The van der Waals surface area contributed by atoms with E-state index in [4.69, 9.17) is 4.74 Å². The molecule has 1 fully saturated rings. The number of ether oxygens (including phenoxy) is 1. The fraction of sp³-hybridized carbons (Fsp3) is 0.714. The molecule has 19 heavy (non-hydrogen) atoms. The van der Waals surface area contributed by atoms with Gasteiger partial charge in [-0.15, -0.1) is 11.3 Å². The molecule has 1 atom stereocenters. The highest BCUT2D eigenvalue weighted by atomic mass is 32.1. The highest BCUT2D eigenvalue weighted by Gasteiger charge is 2.46. The minimum atomic E-state index is -0.340. The maximum Gasteiger partial charge on any atom is 0.263 e. The smallest absolute Gasteiger partial charge is 0.263 e. The lowest BCUT2D eigenvalue weighted by Gasteiger charge is -2.27. The SMILES string of the molecule is Cc1nc(C)c(C(=O)N[C@@H]2CC(C)(C)OC2(C)C)s1. The molecule has 106 valence electrons. The van der Waals surface area contributed by atoms with E-state index in [1.54, 1.807) is 0 Å². The summed E-state index contributed by atoms with van der Waals surface area (Å²) in [5, 5.41) is 4.02. The monoisotopic (exact) mass is 282 g/mol. The Balaban J connectivity index is 2.14. The number of nitrogens with zero attached hydrogens (tertiary/aromatic N) is 1. The number of carbonyl (C=O) groups is 1. The Morgan fingerprint density at radius 2 is 2.00 bits per heavy atom. The lowest BCUT2D eigenvalue weighted by Crippen LogP contribution is -2.46. The first kappa shape index (κ1) is 14.5. The maximum atomic E-state index is 12.3. The van der Waals surface area contributed by atoms with Crippen LogP contribution >= 0.6 is 11.3 Å². The van der Waals surface area contributed by atoms with Crippen LogP contribution in [0.1, 0.15) is 54.5 Å². The molecule has 0 bridgehead atoms. The molecule has 0 aliphatic carbocycles. The van der Waals surface area contributed by atoms with Gasteiger partial charge in [-0.05, 0) is 48.0 Å². The Labute approximate surface area is 118 Å². The van der Waals surface area contributed by atoms with E-state index >= 15 is 0 Å². The third-order valence-corrected chi connectivity index (χ3v) is 4.56. The zero-order chi connectivity index (χ0) is 14.4. The van der Waals surface area contributed by atoms with E-state index in [2.05, 4.69) is 24.1 Å². The lowest BCUT2D eigenvalue weighted by atomic mass is 9.94.